The first-order valence-corrected chi connectivity index (χ1v) is 7.33. The zero-order valence-electron chi connectivity index (χ0n) is 12.8. The fourth-order valence-electron chi connectivity index (χ4n) is 2.42. The molecule has 0 bridgehead atoms. The van der Waals surface area contributed by atoms with Gasteiger partial charge in [0.05, 0.1) is 30.7 Å². The van der Waals surface area contributed by atoms with Gasteiger partial charge in [-0.1, -0.05) is 0 Å². The van der Waals surface area contributed by atoms with Crippen molar-refractivity contribution in [3.05, 3.63) is 52.5 Å². The molecule has 0 saturated carbocycles. The molecule has 0 spiro atoms. The Kier molecular flexibility index (Phi) is 4.42. The Balaban J connectivity index is 1.70. The first kappa shape index (κ1) is 15.3. The Bertz CT molecular complexity index is 746. The summed E-state index contributed by atoms with van der Waals surface area (Å²) >= 11 is 0. The highest BCUT2D eigenvalue weighted by molar-refractivity contribution is 5.76. The van der Waals surface area contributed by atoms with E-state index in [1.54, 1.807) is 36.5 Å². The van der Waals surface area contributed by atoms with Crippen LogP contribution in [-0.4, -0.2) is 50.3 Å². The normalized spacial score (nSPS) is 18.0. The van der Waals surface area contributed by atoms with Crippen LogP contribution in [0, 0.1) is 6.92 Å². The van der Waals surface area contributed by atoms with Crippen LogP contribution in [0.1, 0.15) is 17.5 Å². The van der Waals surface area contributed by atoms with E-state index in [1.165, 1.54) is 10.7 Å². The monoisotopic (exact) mass is 315 g/mol. The van der Waals surface area contributed by atoms with Crippen molar-refractivity contribution in [2.45, 2.75) is 19.6 Å². The van der Waals surface area contributed by atoms with E-state index in [0.717, 1.165) is 0 Å². The molecular formula is C15H17N5O3. The highest BCUT2D eigenvalue weighted by atomic mass is 16.5. The van der Waals surface area contributed by atoms with E-state index in [1.807, 2.05) is 0 Å². The smallest absolute Gasteiger partial charge is 0.267 e. The average molecular weight is 315 g/mol. The molecule has 2 aromatic heterocycles. The quantitative estimate of drug-likeness (QED) is 0.788. The maximum atomic E-state index is 12.4. The molecule has 1 fully saturated rings. The summed E-state index contributed by atoms with van der Waals surface area (Å²) in [6.07, 6.45) is 4.51. The minimum absolute atomic E-state index is 0.0757. The van der Waals surface area contributed by atoms with Crippen molar-refractivity contribution >= 4 is 5.91 Å². The molecule has 1 saturated heterocycles. The first-order chi connectivity index (χ1) is 11.1. The molecule has 0 N–H and O–H groups in total. The van der Waals surface area contributed by atoms with Crippen LogP contribution in [0.2, 0.25) is 0 Å². The molecule has 1 atom stereocenters. The van der Waals surface area contributed by atoms with E-state index in [-0.39, 0.29) is 24.1 Å². The molecule has 120 valence electrons. The van der Waals surface area contributed by atoms with Crippen LogP contribution in [0.5, 0.6) is 0 Å². The van der Waals surface area contributed by atoms with Gasteiger partial charge in [-0.15, -0.1) is 0 Å². The van der Waals surface area contributed by atoms with Crippen molar-refractivity contribution in [1.29, 1.82) is 0 Å². The number of hydrogen-bond acceptors (Lipinski definition) is 6. The summed E-state index contributed by atoms with van der Waals surface area (Å²) < 4.78 is 6.84. The molecule has 0 radical (unpaired) electrons. The van der Waals surface area contributed by atoms with Crippen molar-refractivity contribution < 1.29 is 9.53 Å². The third-order valence-electron chi connectivity index (χ3n) is 3.62. The van der Waals surface area contributed by atoms with Gasteiger partial charge in [0, 0.05) is 25.0 Å². The molecule has 0 aromatic carbocycles. The van der Waals surface area contributed by atoms with E-state index < -0.39 is 0 Å². The van der Waals surface area contributed by atoms with E-state index in [0.29, 0.717) is 31.1 Å². The minimum atomic E-state index is -0.302. The Hall–Kier alpha value is -2.61. The zero-order chi connectivity index (χ0) is 16.2. The number of hydrogen-bond donors (Lipinski definition) is 0. The number of aromatic nitrogens is 4. The fourth-order valence-corrected chi connectivity index (χ4v) is 2.42. The van der Waals surface area contributed by atoms with Crippen molar-refractivity contribution in [3.63, 3.8) is 0 Å². The van der Waals surface area contributed by atoms with Gasteiger partial charge >= 0.3 is 0 Å². The molecular weight excluding hydrogens is 298 g/mol. The van der Waals surface area contributed by atoms with Crippen LogP contribution in [0.4, 0.5) is 0 Å². The van der Waals surface area contributed by atoms with Crippen molar-refractivity contribution in [2.24, 2.45) is 0 Å². The molecule has 8 heteroatoms. The second kappa shape index (κ2) is 6.66. The lowest BCUT2D eigenvalue weighted by molar-refractivity contribution is -0.140. The van der Waals surface area contributed by atoms with Crippen LogP contribution in [-0.2, 0) is 16.1 Å². The fraction of sp³-hybridized carbons (Fsp3) is 0.400. The van der Waals surface area contributed by atoms with Gasteiger partial charge in [-0.2, -0.15) is 5.10 Å². The van der Waals surface area contributed by atoms with E-state index in [9.17, 15) is 9.59 Å². The second-order valence-corrected chi connectivity index (χ2v) is 5.30. The maximum Gasteiger partial charge on any atom is 0.267 e. The molecule has 3 heterocycles. The van der Waals surface area contributed by atoms with Gasteiger partial charge in [0.25, 0.3) is 5.56 Å². The predicted octanol–water partition coefficient (Wildman–Crippen LogP) is -0.0582. The lowest BCUT2D eigenvalue weighted by Gasteiger charge is -2.32. The van der Waals surface area contributed by atoms with Crippen LogP contribution >= 0.6 is 0 Å². The van der Waals surface area contributed by atoms with E-state index in [2.05, 4.69) is 15.1 Å². The number of aryl methyl sites for hydroxylation is 1. The molecule has 1 unspecified atom stereocenters. The Morgan fingerprint density at radius 1 is 1.39 bits per heavy atom. The van der Waals surface area contributed by atoms with Gasteiger partial charge in [0.1, 0.15) is 12.6 Å². The topological polar surface area (TPSA) is 90.2 Å². The zero-order valence-corrected chi connectivity index (χ0v) is 12.8. The minimum Gasteiger partial charge on any atom is -0.368 e. The van der Waals surface area contributed by atoms with Gasteiger partial charge in [-0.05, 0) is 13.0 Å². The summed E-state index contributed by atoms with van der Waals surface area (Å²) in [6, 6.07) is 3.04. The summed E-state index contributed by atoms with van der Waals surface area (Å²) in [5.41, 5.74) is 1.09. The number of ether oxygens (including phenoxy) is 1. The average Bonchev–Trinajstić information content (AvgIpc) is 2.59. The van der Waals surface area contributed by atoms with Crippen LogP contribution in [0.25, 0.3) is 0 Å². The van der Waals surface area contributed by atoms with Crippen molar-refractivity contribution in [1.82, 2.24) is 24.6 Å². The van der Waals surface area contributed by atoms with Gasteiger partial charge in [0.15, 0.2) is 0 Å². The highest BCUT2D eigenvalue weighted by Gasteiger charge is 2.26. The number of carbonyl (C=O) groups excluding carboxylic acids is 1. The van der Waals surface area contributed by atoms with Crippen LogP contribution in [0.3, 0.4) is 0 Å². The Morgan fingerprint density at radius 2 is 2.26 bits per heavy atom. The largest absolute Gasteiger partial charge is 0.368 e. The predicted molar refractivity (Wildman–Crippen MR) is 80.5 cm³/mol. The summed E-state index contributed by atoms with van der Waals surface area (Å²) in [6.45, 7) is 2.99. The third kappa shape index (κ3) is 3.59. The number of nitrogens with zero attached hydrogens (tertiary/aromatic N) is 5. The molecule has 2 aromatic rings. The molecule has 1 aliphatic rings. The number of carbonyl (C=O) groups is 1. The Labute approximate surface area is 132 Å². The third-order valence-corrected chi connectivity index (χ3v) is 3.62. The van der Waals surface area contributed by atoms with Gasteiger partial charge in [-0.3, -0.25) is 19.6 Å². The summed E-state index contributed by atoms with van der Waals surface area (Å²) in [5, 5.41) is 4.09. The summed E-state index contributed by atoms with van der Waals surface area (Å²) in [7, 11) is 0. The molecule has 1 amide bonds. The lowest BCUT2D eigenvalue weighted by atomic mass is 10.2. The molecule has 0 aliphatic carbocycles. The van der Waals surface area contributed by atoms with Crippen molar-refractivity contribution in [3.8, 4) is 0 Å². The molecule has 3 rings (SSSR count). The SMILES string of the molecule is Cc1ccc(=O)n(CC(=O)N2CCOC(c3cnccn3)C2)n1. The van der Waals surface area contributed by atoms with Crippen molar-refractivity contribution in [2.75, 3.05) is 19.7 Å². The molecule has 23 heavy (non-hydrogen) atoms. The number of amides is 1. The first-order valence-electron chi connectivity index (χ1n) is 7.33. The van der Waals surface area contributed by atoms with E-state index in [4.69, 9.17) is 4.74 Å². The van der Waals surface area contributed by atoms with E-state index >= 15 is 0 Å². The second-order valence-electron chi connectivity index (χ2n) is 5.30. The van der Waals surface area contributed by atoms with Gasteiger partial charge < -0.3 is 9.64 Å². The summed E-state index contributed by atoms with van der Waals surface area (Å²) in [4.78, 5) is 34.1. The van der Waals surface area contributed by atoms with Crippen LogP contribution in [0.15, 0.2) is 35.5 Å². The standard InChI is InChI=1S/C15H17N5O3/c1-11-2-3-14(21)20(18-11)10-15(22)19-6-7-23-13(9-19)12-8-16-4-5-17-12/h2-5,8,13H,6-7,9-10H2,1H3. The molecule has 1 aliphatic heterocycles. The van der Waals surface area contributed by atoms with Crippen LogP contribution < -0.4 is 5.56 Å². The number of rotatable bonds is 3. The Morgan fingerprint density at radius 3 is 3.04 bits per heavy atom. The molecule has 8 nitrogen and oxygen atoms in total. The highest BCUT2D eigenvalue weighted by Crippen LogP contribution is 2.19. The van der Waals surface area contributed by atoms with Gasteiger partial charge in [0.2, 0.25) is 5.91 Å². The van der Waals surface area contributed by atoms with Gasteiger partial charge in [-0.25, -0.2) is 4.68 Å². The maximum absolute atomic E-state index is 12.4. The summed E-state index contributed by atoms with van der Waals surface area (Å²) in [5.74, 6) is -0.164. The lowest BCUT2D eigenvalue weighted by Crippen LogP contribution is -2.45. The number of morpholine rings is 1.